The number of aryl methyl sites for hydroxylation is 3. The minimum absolute atomic E-state index is 0.0919. The highest BCUT2D eigenvalue weighted by molar-refractivity contribution is 6.30. The Morgan fingerprint density at radius 1 is 1.31 bits per heavy atom. The standard InChI is InChI=1S/C19H22ClN3O3/c1-5-14(9-24)23-15-8-12(4)22-19(16(15)18(21)25)26-17-10(2)6-13(20)7-11(17)3/h6-9,14H,5H2,1-4H3,(H2,21,25)(H,22,23). The smallest absolute Gasteiger partial charge is 0.256 e. The van der Waals surface area contributed by atoms with Crippen molar-refractivity contribution >= 4 is 29.5 Å². The summed E-state index contributed by atoms with van der Waals surface area (Å²) in [4.78, 5) is 27.6. The highest BCUT2D eigenvalue weighted by Gasteiger charge is 2.21. The zero-order chi connectivity index (χ0) is 19.4. The van der Waals surface area contributed by atoms with Crippen LogP contribution in [0, 0.1) is 20.8 Å². The SMILES string of the molecule is CCC(C=O)Nc1cc(C)nc(Oc2c(C)cc(Cl)cc2C)c1C(N)=O. The second kappa shape index (κ2) is 8.19. The highest BCUT2D eigenvalue weighted by atomic mass is 35.5. The number of carbonyl (C=O) groups is 2. The van der Waals surface area contributed by atoms with Gasteiger partial charge in [-0.15, -0.1) is 0 Å². The van der Waals surface area contributed by atoms with Gasteiger partial charge in [-0.3, -0.25) is 4.79 Å². The quantitative estimate of drug-likeness (QED) is 0.715. The summed E-state index contributed by atoms with van der Waals surface area (Å²) in [6, 6.07) is 4.76. The number of carbonyl (C=O) groups excluding carboxylic acids is 2. The van der Waals surface area contributed by atoms with Crippen LogP contribution in [0.3, 0.4) is 0 Å². The molecule has 6 nitrogen and oxygen atoms in total. The zero-order valence-corrected chi connectivity index (χ0v) is 16.0. The summed E-state index contributed by atoms with van der Waals surface area (Å²) in [5, 5.41) is 3.62. The third-order valence-electron chi connectivity index (χ3n) is 3.93. The Bertz CT molecular complexity index is 829. The molecule has 0 spiro atoms. The molecule has 1 aromatic heterocycles. The fraction of sp³-hybridized carbons (Fsp3) is 0.316. The fourth-order valence-electron chi connectivity index (χ4n) is 2.66. The number of benzene rings is 1. The van der Waals surface area contributed by atoms with Gasteiger partial charge in [0, 0.05) is 10.7 Å². The molecule has 0 bridgehead atoms. The number of amides is 1. The topological polar surface area (TPSA) is 94.3 Å². The summed E-state index contributed by atoms with van der Waals surface area (Å²) in [7, 11) is 0. The van der Waals surface area contributed by atoms with E-state index < -0.39 is 11.9 Å². The average Bonchev–Trinajstić information content (AvgIpc) is 2.55. The number of hydrogen-bond acceptors (Lipinski definition) is 5. The van der Waals surface area contributed by atoms with Crippen LogP contribution in [0.5, 0.6) is 11.6 Å². The number of aldehydes is 1. The summed E-state index contributed by atoms with van der Waals surface area (Å²) < 4.78 is 5.96. The summed E-state index contributed by atoms with van der Waals surface area (Å²) in [6.07, 6.45) is 1.35. The third kappa shape index (κ3) is 4.32. The second-order valence-corrected chi connectivity index (χ2v) is 6.56. The normalized spacial score (nSPS) is 11.7. The largest absolute Gasteiger partial charge is 0.438 e. The van der Waals surface area contributed by atoms with Crippen LogP contribution in [0.1, 0.15) is 40.5 Å². The maximum absolute atomic E-state index is 12.1. The molecule has 1 heterocycles. The molecular weight excluding hydrogens is 354 g/mol. The number of halogens is 1. The molecule has 1 atom stereocenters. The Morgan fingerprint density at radius 3 is 2.42 bits per heavy atom. The molecule has 7 heteroatoms. The molecule has 0 aliphatic carbocycles. The molecule has 2 aromatic rings. The van der Waals surface area contributed by atoms with Gasteiger partial charge < -0.3 is 20.6 Å². The molecule has 0 aliphatic rings. The van der Waals surface area contributed by atoms with Gasteiger partial charge in [0.25, 0.3) is 5.91 Å². The Hall–Kier alpha value is -2.60. The van der Waals surface area contributed by atoms with Crippen LogP contribution in [0.2, 0.25) is 5.02 Å². The van der Waals surface area contributed by atoms with Crippen LogP contribution >= 0.6 is 11.6 Å². The lowest BCUT2D eigenvalue weighted by Gasteiger charge is -2.19. The predicted molar refractivity (Wildman–Crippen MR) is 102 cm³/mol. The van der Waals surface area contributed by atoms with Crippen LogP contribution in [-0.2, 0) is 4.79 Å². The van der Waals surface area contributed by atoms with E-state index in [4.69, 9.17) is 22.1 Å². The molecule has 3 N–H and O–H groups in total. The van der Waals surface area contributed by atoms with E-state index in [1.807, 2.05) is 20.8 Å². The van der Waals surface area contributed by atoms with E-state index in [9.17, 15) is 9.59 Å². The molecule has 0 saturated carbocycles. The highest BCUT2D eigenvalue weighted by Crippen LogP contribution is 2.34. The molecule has 0 aliphatic heterocycles. The van der Waals surface area contributed by atoms with Crippen LogP contribution in [-0.4, -0.2) is 23.2 Å². The molecule has 0 saturated heterocycles. The first kappa shape index (κ1) is 19.7. The first-order chi connectivity index (χ1) is 12.3. The molecule has 1 amide bonds. The van der Waals surface area contributed by atoms with Crippen molar-refractivity contribution in [1.29, 1.82) is 0 Å². The lowest BCUT2D eigenvalue weighted by Crippen LogP contribution is -2.24. The van der Waals surface area contributed by atoms with Crippen molar-refractivity contribution < 1.29 is 14.3 Å². The van der Waals surface area contributed by atoms with E-state index in [0.29, 0.717) is 28.6 Å². The summed E-state index contributed by atoms with van der Waals surface area (Å²) >= 11 is 6.06. The van der Waals surface area contributed by atoms with Crippen LogP contribution < -0.4 is 15.8 Å². The van der Waals surface area contributed by atoms with Crippen molar-refractivity contribution in [2.24, 2.45) is 5.73 Å². The number of ether oxygens (including phenoxy) is 1. The Labute approximate surface area is 157 Å². The van der Waals surface area contributed by atoms with Gasteiger partial charge in [-0.2, -0.15) is 0 Å². The van der Waals surface area contributed by atoms with Crippen LogP contribution in [0.4, 0.5) is 5.69 Å². The molecule has 0 radical (unpaired) electrons. The van der Waals surface area contributed by atoms with Gasteiger partial charge in [0.1, 0.15) is 17.6 Å². The van der Waals surface area contributed by atoms with E-state index in [1.165, 1.54) is 0 Å². The van der Waals surface area contributed by atoms with E-state index in [1.54, 1.807) is 25.1 Å². The van der Waals surface area contributed by atoms with E-state index in [2.05, 4.69) is 10.3 Å². The number of rotatable bonds is 7. The second-order valence-electron chi connectivity index (χ2n) is 6.12. The average molecular weight is 376 g/mol. The molecule has 26 heavy (non-hydrogen) atoms. The maximum atomic E-state index is 12.1. The number of nitrogens with zero attached hydrogens (tertiary/aromatic N) is 1. The summed E-state index contributed by atoms with van der Waals surface area (Å²) in [5.74, 6) is -0.0438. The lowest BCUT2D eigenvalue weighted by atomic mass is 10.1. The van der Waals surface area contributed by atoms with Crippen molar-refractivity contribution in [2.45, 2.75) is 40.2 Å². The Balaban J connectivity index is 2.56. The maximum Gasteiger partial charge on any atom is 0.256 e. The van der Waals surface area contributed by atoms with Gasteiger partial charge in [0.05, 0.1) is 11.7 Å². The number of nitrogens with two attached hydrogens (primary N) is 1. The Kier molecular flexibility index (Phi) is 6.21. The minimum atomic E-state index is -0.694. The molecule has 2 rings (SSSR count). The van der Waals surface area contributed by atoms with Crippen LogP contribution in [0.25, 0.3) is 0 Å². The summed E-state index contributed by atoms with van der Waals surface area (Å²) in [5.41, 5.74) is 8.33. The van der Waals surface area contributed by atoms with Gasteiger partial charge in [-0.05, 0) is 56.5 Å². The monoisotopic (exact) mass is 375 g/mol. The number of pyridine rings is 1. The van der Waals surface area contributed by atoms with Crippen molar-refractivity contribution in [3.05, 3.63) is 45.6 Å². The van der Waals surface area contributed by atoms with Crippen molar-refractivity contribution in [1.82, 2.24) is 4.98 Å². The number of anilines is 1. The molecule has 0 fully saturated rings. The third-order valence-corrected chi connectivity index (χ3v) is 4.15. The number of hydrogen-bond donors (Lipinski definition) is 2. The van der Waals surface area contributed by atoms with Gasteiger partial charge in [-0.1, -0.05) is 18.5 Å². The molecule has 1 aromatic carbocycles. The van der Waals surface area contributed by atoms with Crippen LogP contribution in [0.15, 0.2) is 18.2 Å². The molecular formula is C19H22ClN3O3. The van der Waals surface area contributed by atoms with E-state index in [0.717, 1.165) is 17.4 Å². The first-order valence-corrected chi connectivity index (χ1v) is 8.62. The van der Waals surface area contributed by atoms with Gasteiger partial charge in [-0.25, -0.2) is 4.98 Å². The molecule has 1 unspecified atom stereocenters. The van der Waals surface area contributed by atoms with E-state index >= 15 is 0 Å². The number of aromatic nitrogens is 1. The number of primary amides is 1. The Morgan fingerprint density at radius 2 is 1.92 bits per heavy atom. The predicted octanol–water partition coefficient (Wildman–Crippen LogP) is 3.94. The van der Waals surface area contributed by atoms with Crippen molar-refractivity contribution in [3.8, 4) is 11.6 Å². The first-order valence-electron chi connectivity index (χ1n) is 8.24. The number of nitrogens with one attached hydrogen (secondary N) is 1. The summed E-state index contributed by atoms with van der Waals surface area (Å²) in [6.45, 7) is 7.34. The molecule has 138 valence electrons. The van der Waals surface area contributed by atoms with E-state index in [-0.39, 0.29) is 11.4 Å². The van der Waals surface area contributed by atoms with Gasteiger partial charge in [0.2, 0.25) is 5.88 Å². The lowest BCUT2D eigenvalue weighted by molar-refractivity contribution is -0.108. The van der Waals surface area contributed by atoms with Gasteiger partial charge in [0.15, 0.2) is 0 Å². The minimum Gasteiger partial charge on any atom is -0.438 e. The van der Waals surface area contributed by atoms with Gasteiger partial charge >= 0.3 is 0 Å². The van der Waals surface area contributed by atoms with Crippen molar-refractivity contribution in [2.75, 3.05) is 5.32 Å². The van der Waals surface area contributed by atoms with Crippen molar-refractivity contribution in [3.63, 3.8) is 0 Å². The zero-order valence-electron chi connectivity index (χ0n) is 15.2. The fourth-order valence-corrected chi connectivity index (χ4v) is 2.98.